The fourth-order valence-corrected chi connectivity index (χ4v) is 2.40. The Bertz CT molecular complexity index is 757. The predicted molar refractivity (Wildman–Crippen MR) is 140 cm³/mol. The zero-order valence-electron chi connectivity index (χ0n) is 20.4. The van der Waals surface area contributed by atoms with Gasteiger partial charge in [0.1, 0.15) is 0 Å². The van der Waals surface area contributed by atoms with Gasteiger partial charge in [0.25, 0.3) is 5.96 Å². The second-order valence-corrected chi connectivity index (χ2v) is 7.46. The summed E-state index contributed by atoms with van der Waals surface area (Å²) in [6, 6.07) is 0. The van der Waals surface area contributed by atoms with Crippen LogP contribution in [0.5, 0.6) is 0 Å². The maximum absolute atomic E-state index is 11.5. The van der Waals surface area contributed by atoms with Crippen LogP contribution in [-0.2, 0) is 9.63 Å². The first-order chi connectivity index (χ1) is 16.0. The molecule has 4 N–H and O–H groups in total. The van der Waals surface area contributed by atoms with Crippen LogP contribution in [0.3, 0.4) is 0 Å². The van der Waals surface area contributed by atoms with Crippen LogP contribution in [0, 0.1) is 0 Å². The SMILES string of the molecule is CCCCCCCCC/C=C/C=C/C=C/C=C/C=C/C=C/C(=O)O/N=C(N)\N=C(\N)N(C)C. The van der Waals surface area contributed by atoms with Crippen LogP contribution in [0.1, 0.15) is 58.3 Å². The summed E-state index contributed by atoms with van der Waals surface area (Å²) in [5.41, 5.74) is 11.1. The molecule has 0 aromatic rings. The average molecular weight is 456 g/mol. The van der Waals surface area contributed by atoms with Crippen LogP contribution >= 0.6 is 0 Å². The van der Waals surface area contributed by atoms with E-state index in [9.17, 15) is 4.79 Å². The van der Waals surface area contributed by atoms with Crippen molar-refractivity contribution < 1.29 is 9.63 Å². The largest absolute Gasteiger partial charge is 0.369 e. The number of carbonyl (C=O) groups is 1. The predicted octanol–water partition coefficient (Wildman–Crippen LogP) is 5.11. The minimum Gasteiger partial charge on any atom is -0.369 e. The molecule has 0 bridgehead atoms. The molecule has 0 saturated carbocycles. The second kappa shape index (κ2) is 21.9. The fourth-order valence-electron chi connectivity index (χ4n) is 2.40. The average Bonchev–Trinajstić information content (AvgIpc) is 2.79. The molecule has 7 heteroatoms. The van der Waals surface area contributed by atoms with Crippen molar-refractivity contribution in [1.82, 2.24) is 4.90 Å². The van der Waals surface area contributed by atoms with Crippen molar-refractivity contribution in [2.75, 3.05) is 14.1 Å². The molecule has 7 nitrogen and oxygen atoms in total. The lowest BCUT2D eigenvalue weighted by Crippen LogP contribution is -2.32. The molecule has 0 fully saturated rings. The van der Waals surface area contributed by atoms with Crippen LogP contribution < -0.4 is 11.5 Å². The standard InChI is InChI=1S/C26H41N5O2/c1-4-5-6-7-8-9-10-11-12-13-14-15-16-17-18-19-20-21-22-23-24(32)33-30-25(27)29-26(28)31(2)3/h12-23H,4-11H2,1-3H3,(H4,27,28,29,30)/b13-12+,15-14+,17-16+,19-18+,21-20+,23-22+. The highest BCUT2D eigenvalue weighted by molar-refractivity contribution is 5.93. The molecule has 0 aromatic carbocycles. The van der Waals surface area contributed by atoms with Crippen LogP contribution in [0.4, 0.5) is 0 Å². The van der Waals surface area contributed by atoms with Crippen LogP contribution in [0.25, 0.3) is 0 Å². The van der Waals surface area contributed by atoms with E-state index in [2.05, 4.69) is 34.1 Å². The van der Waals surface area contributed by atoms with Gasteiger partial charge in [-0.25, -0.2) is 4.79 Å². The van der Waals surface area contributed by atoms with Gasteiger partial charge in [-0.05, 0) is 18.0 Å². The van der Waals surface area contributed by atoms with Crippen LogP contribution in [-0.4, -0.2) is 36.9 Å². The first-order valence-electron chi connectivity index (χ1n) is 11.5. The normalized spacial score (nSPS) is 13.7. The number of nitrogens with two attached hydrogens (primary N) is 2. The minimum atomic E-state index is -0.671. The Morgan fingerprint density at radius 2 is 1.30 bits per heavy atom. The third kappa shape index (κ3) is 21.7. The highest BCUT2D eigenvalue weighted by Crippen LogP contribution is 2.08. The number of aliphatic imine (C=N–C) groups is 1. The Balaban J connectivity index is 3.97. The lowest BCUT2D eigenvalue weighted by atomic mass is 10.1. The molecule has 0 atom stereocenters. The third-order valence-electron chi connectivity index (χ3n) is 4.26. The van der Waals surface area contributed by atoms with Gasteiger partial charge < -0.3 is 21.2 Å². The monoisotopic (exact) mass is 455 g/mol. The van der Waals surface area contributed by atoms with Gasteiger partial charge in [-0.1, -0.05) is 112 Å². The van der Waals surface area contributed by atoms with Gasteiger partial charge in [-0.2, -0.15) is 4.99 Å². The zero-order chi connectivity index (χ0) is 24.6. The number of oxime groups is 1. The van der Waals surface area contributed by atoms with Gasteiger partial charge in [0.2, 0.25) is 0 Å². The molecule has 33 heavy (non-hydrogen) atoms. The summed E-state index contributed by atoms with van der Waals surface area (Å²) in [5, 5.41) is 3.39. The Labute approximate surface area is 199 Å². The lowest BCUT2D eigenvalue weighted by Gasteiger charge is -2.09. The third-order valence-corrected chi connectivity index (χ3v) is 4.26. The fraction of sp³-hybridized carbons (Fsp3) is 0.423. The molecule has 0 amide bonds. The number of guanidine groups is 2. The smallest absolute Gasteiger partial charge is 0.358 e. The summed E-state index contributed by atoms with van der Waals surface area (Å²) in [7, 11) is 3.40. The van der Waals surface area contributed by atoms with E-state index in [0.29, 0.717) is 0 Å². The van der Waals surface area contributed by atoms with Gasteiger partial charge in [-0.15, -0.1) is 0 Å². The molecule has 0 radical (unpaired) electrons. The van der Waals surface area contributed by atoms with Crippen molar-refractivity contribution in [1.29, 1.82) is 0 Å². The molecule has 0 aliphatic rings. The Kier molecular flexibility index (Phi) is 19.6. The Morgan fingerprint density at radius 1 is 0.788 bits per heavy atom. The summed E-state index contributed by atoms with van der Waals surface area (Å²) in [4.78, 5) is 21.4. The molecule has 0 heterocycles. The molecular weight excluding hydrogens is 414 g/mol. The van der Waals surface area contributed by atoms with Crippen molar-refractivity contribution in [3.8, 4) is 0 Å². The highest BCUT2D eigenvalue weighted by Gasteiger charge is 1.98. The van der Waals surface area contributed by atoms with Crippen molar-refractivity contribution in [2.24, 2.45) is 21.6 Å². The first-order valence-corrected chi connectivity index (χ1v) is 11.5. The molecule has 0 saturated heterocycles. The molecule has 0 unspecified atom stereocenters. The number of hydrogen-bond acceptors (Lipinski definition) is 3. The van der Waals surface area contributed by atoms with E-state index in [1.807, 2.05) is 36.5 Å². The summed E-state index contributed by atoms with van der Waals surface area (Å²) in [6.45, 7) is 2.25. The molecule has 0 rings (SSSR count). The summed E-state index contributed by atoms with van der Waals surface area (Å²) in [6.07, 6.45) is 32.8. The molecular formula is C26H41N5O2. The van der Waals surface area contributed by atoms with E-state index in [1.165, 1.54) is 57.1 Å². The van der Waals surface area contributed by atoms with E-state index >= 15 is 0 Å². The number of carbonyl (C=O) groups excluding carboxylic acids is 1. The Hall–Kier alpha value is -3.35. The summed E-state index contributed by atoms with van der Waals surface area (Å²) in [5.74, 6) is -0.765. The van der Waals surface area contributed by atoms with Crippen LogP contribution in [0.15, 0.2) is 83.1 Å². The van der Waals surface area contributed by atoms with Gasteiger partial charge >= 0.3 is 5.97 Å². The zero-order valence-corrected chi connectivity index (χ0v) is 20.4. The summed E-state index contributed by atoms with van der Waals surface area (Å²) >= 11 is 0. The van der Waals surface area contributed by atoms with Gasteiger partial charge in [0.05, 0.1) is 0 Å². The van der Waals surface area contributed by atoms with Crippen molar-refractivity contribution in [2.45, 2.75) is 58.3 Å². The molecule has 0 aromatic heterocycles. The quantitative estimate of drug-likeness (QED) is 0.0678. The van der Waals surface area contributed by atoms with Gasteiger partial charge in [0, 0.05) is 20.2 Å². The van der Waals surface area contributed by atoms with E-state index < -0.39 is 5.97 Å². The topological polar surface area (TPSA) is 106 Å². The first kappa shape index (κ1) is 29.7. The van der Waals surface area contributed by atoms with Gasteiger partial charge in [-0.3, -0.25) is 0 Å². The summed E-state index contributed by atoms with van der Waals surface area (Å²) < 4.78 is 0. The van der Waals surface area contributed by atoms with Crippen molar-refractivity contribution >= 4 is 17.9 Å². The number of unbranched alkanes of at least 4 members (excludes halogenated alkanes) is 7. The number of allylic oxidation sites excluding steroid dienone is 11. The molecule has 0 spiro atoms. The number of nitrogens with zero attached hydrogens (tertiary/aromatic N) is 3. The van der Waals surface area contributed by atoms with Crippen molar-refractivity contribution in [3.63, 3.8) is 0 Å². The van der Waals surface area contributed by atoms with E-state index in [1.54, 1.807) is 31.1 Å². The second-order valence-electron chi connectivity index (χ2n) is 7.46. The maximum Gasteiger partial charge on any atom is 0.358 e. The maximum atomic E-state index is 11.5. The van der Waals surface area contributed by atoms with E-state index in [0.717, 1.165) is 6.42 Å². The van der Waals surface area contributed by atoms with E-state index in [-0.39, 0.29) is 11.9 Å². The molecule has 0 aliphatic carbocycles. The minimum absolute atomic E-state index is 0.150. The number of hydrogen-bond donors (Lipinski definition) is 2. The Morgan fingerprint density at radius 3 is 1.88 bits per heavy atom. The van der Waals surface area contributed by atoms with E-state index in [4.69, 9.17) is 11.5 Å². The van der Waals surface area contributed by atoms with Crippen LogP contribution in [0.2, 0.25) is 0 Å². The van der Waals surface area contributed by atoms with Crippen molar-refractivity contribution in [3.05, 3.63) is 72.9 Å². The highest BCUT2D eigenvalue weighted by atomic mass is 16.7. The van der Waals surface area contributed by atoms with Gasteiger partial charge in [0.15, 0.2) is 5.96 Å². The molecule has 0 aliphatic heterocycles. The number of rotatable bonds is 15. The lowest BCUT2D eigenvalue weighted by molar-refractivity contribution is -0.137. The molecule has 182 valence electrons.